The lowest BCUT2D eigenvalue weighted by Crippen LogP contribution is -2.44. The van der Waals surface area contributed by atoms with Crippen molar-refractivity contribution in [2.24, 2.45) is 0 Å². The lowest BCUT2D eigenvalue weighted by atomic mass is 10.1. The fourth-order valence-electron chi connectivity index (χ4n) is 1.95. The normalized spacial score (nSPS) is 23.6. The lowest BCUT2D eigenvalue weighted by molar-refractivity contribution is 0.0314. The summed E-state index contributed by atoms with van der Waals surface area (Å²) in [6, 6.07) is 9.45. The Bertz CT molecular complexity index is 495. The summed E-state index contributed by atoms with van der Waals surface area (Å²) in [6.45, 7) is 0.681. The molecule has 1 aromatic rings. The summed E-state index contributed by atoms with van der Waals surface area (Å²) in [6.07, 6.45) is 0.930. The van der Waals surface area contributed by atoms with E-state index in [0.717, 1.165) is 5.56 Å². The zero-order chi connectivity index (χ0) is 13.8. The molecule has 0 spiro atoms. The minimum atomic E-state index is -3.37. The lowest BCUT2D eigenvalue weighted by Gasteiger charge is -2.20. The maximum atomic E-state index is 11.8. The Morgan fingerprint density at radius 3 is 2.68 bits per heavy atom. The number of benzene rings is 1. The van der Waals surface area contributed by atoms with Gasteiger partial charge in [-0.3, -0.25) is 0 Å². The predicted octanol–water partition coefficient (Wildman–Crippen LogP) is 0.300. The van der Waals surface area contributed by atoms with Crippen LogP contribution in [0.4, 0.5) is 0 Å². The highest BCUT2D eigenvalue weighted by Crippen LogP contribution is 2.17. The molecule has 5 nitrogen and oxygen atoms in total. The van der Waals surface area contributed by atoms with Gasteiger partial charge in [0.05, 0.1) is 12.4 Å². The van der Waals surface area contributed by atoms with Crippen LogP contribution < -0.4 is 4.72 Å². The summed E-state index contributed by atoms with van der Waals surface area (Å²) in [7, 11) is -3.37. The number of rotatable bonds is 6. The van der Waals surface area contributed by atoms with Gasteiger partial charge in [-0.15, -0.1) is 0 Å². The van der Waals surface area contributed by atoms with Crippen LogP contribution >= 0.6 is 0 Å². The van der Waals surface area contributed by atoms with Gasteiger partial charge in [0.2, 0.25) is 10.0 Å². The molecule has 1 heterocycles. The molecule has 0 aromatic heterocycles. The number of ether oxygens (including phenoxy) is 1. The van der Waals surface area contributed by atoms with Gasteiger partial charge in [-0.2, -0.15) is 0 Å². The molecular formula is C13H19NO4S. The van der Waals surface area contributed by atoms with E-state index in [9.17, 15) is 13.5 Å². The predicted molar refractivity (Wildman–Crippen MR) is 72.3 cm³/mol. The summed E-state index contributed by atoms with van der Waals surface area (Å²) < 4.78 is 31.2. The third-order valence-corrected chi connectivity index (χ3v) is 4.53. The third kappa shape index (κ3) is 4.58. The van der Waals surface area contributed by atoms with Gasteiger partial charge in [0.15, 0.2) is 0 Å². The second-order valence-corrected chi connectivity index (χ2v) is 6.83. The van der Waals surface area contributed by atoms with Gasteiger partial charge in [0, 0.05) is 19.6 Å². The number of aliphatic hydroxyl groups is 1. The monoisotopic (exact) mass is 285 g/mol. The van der Waals surface area contributed by atoms with Crippen molar-refractivity contribution in [3.05, 3.63) is 35.9 Å². The average Bonchev–Trinajstić information content (AvgIpc) is 2.84. The molecule has 1 unspecified atom stereocenters. The average molecular weight is 285 g/mol. The van der Waals surface area contributed by atoms with E-state index in [4.69, 9.17) is 4.74 Å². The standard InChI is InChI=1S/C13H19NO4S/c15-13(7-8-18-11-13)10-14-19(16,17)9-6-12-4-2-1-3-5-12/h1-5,14-15H,6-11H2. The van der Waals surface area contributed by atoms with Crippen molar-refractivity contribution in [1.29, 1.82) is 0 Å². The van der Waals surface area contributed by atoms with Crippen LogP contribution in [-0.4, -0.2) is 44.6 Å². The van der Waals surface area contributed by atoms with Crippen LogP contribution in [0.3, 0.4) is 0 Å². The number of sulfonamides is 1. The van der Waals surface area contributed by atoms with Crippen molar-refractivity contribution in [2.75, 3.05) is 25.5 Å². The molecule has 1 aliphatic rings. The first-order valence-electron chi connectivity index (χ1n) is 6.31. The first kappa shape index (κ1) is 14.5. The molecular weight excluding hydrogens is 266 g/mol. The Morgan fingerprint density at radius 2 is 2.05 bits per heavy atom. The van der Waals surface area contributed by atoms with Gasteiger partial charge in [0.25, 0.3) is 0 Å². The van der Waals surface area contributed by atoms with Crippen molar-refractivity contribution in [2.45, 2.75) is 18.4 Å². The Morgan fingerprint density at radius 1 is 1.32 bits per heavy atom. The van der Waals surface area contributed by atoms with E-state index in [-0.39, 0.29) is 18.9 Å². The highest BCUT2D eigenvalue weighted by molar-refractivity contribution is 7.89. The largest absolute Gasteiger partial charge is 0.386 e. The zero-order valence-electron chi connectivity index (χ0n) is 10.7. The molecule has 0 bridgehead atoms. The molecule has 106 valence electrons. The molecule has 2 N–H and O–H groups in total. The second-order valence-electron chi connectivity index (χ2n) is 4.90. The molecule has 2 rings (SSSR count). The van der Waals surface area contributed by atoms with E-state index < -0.39 is 15.6 Å². The minimum Gasteiger partial charge on any atom is -0.386 e. The van der Waals surface area contributed by atoms with Crippen molar-refractivity contribution in [3.63, 3.8) is 0 Å². The van der Waals surface area contributed by atoms with Crippen LogP contribution in [-0.2, 0) is 21.2 Å². The Kier molecular flexibility index (Phi) is 4.57. The van der Waals surface area contributed by atoms with E-state index in [1.54, 1.807) is 0 Å². The molecule has 1 aliphatic heterocycles. The molecule has 1 atom stereocenters. The molecule has 0 radical (unpaired) electrons. The van der Waals surface area contributed by atoms with Crippen LogP contribution in [0.2, 0.25) is 0 Å². The van der Waals surface area contributed by atoms with Gasteiger partial charge in [-0.25, -0.2) is 13.1 Å². The van der Waals surface area contributed by atoms with Gasteiger partial charge in [0.1, 0.15) is 5.60 Å². The van der Waals surface area contributed by atoms with Crippen LogP contribution in [0, 0.1) is 0 Å². The minimum absolute atomic E-state index is 0.0180. The Balaban J connectivity index is 1.82. The van der Waals surface area contributed by atoms with Gasteiger partial charge in [-0.1, -0.05) is 30.3 Å². The van der Waals surface area contributed by atoms with Crippen molar-refractivity contribution >= 4 is 10.0 Å². The van der Waals surface area contributed by atoms with Gasteiger partial charge < -0.3 is 9.84 Å². The number of nitrogens with one attached hydrogen (secondary N) is 1. The van der Waals surface area contributed by atoms with Crippen molar-refractivity contribution in [1.82, 2.24) is 4.72 Å². The summed E-state index contributed by atoms with van der Waals surface area (Å²) >= 11 is 0. The quantitative estimate of drug-likeness (QED) is 0.788. The first-order chi connectivity index (χ1) is 8.99. The number of hydrogen-bond acceptors (Lipinski definition) is 4. The zero-order valence-corrected chi connectivity index (χ0v) is 11.5. The molecule has 6 heteroatoms. The molecule has 1 saturated heterocycles. The summed E-state index contributed by atoms with van der Waals surface area (Å²) in [5.41, 5.74) is -0.0735. The van der Waals surface area contributed by atoms with E-state index in [2.05, 4.69) is 4.72 Å². The fourth-order valence-corrected chi connectivity index (χ4v) is 3.09. The van der Waals surface area contributed by atoms with E-state index in [0.29, 0.717) is 19.4 Å². The summed E-state index contributed by atoms with van der Waals surface area (Å²) in [4.78, 5) is 0. The highest BCUT2D eigenvalue weighted by Gasteiger charge is 2.33. The van der Waals surface area contributed by atoms with Crippen LogP contribution in [0.5, 0.6) is 0 Å². The maximum Gasteiger partial charge on any atom is 0.212 e. The van der Waals surface area contributed by atoms with Crippen molar-refractivity contribution in [3.8, 4) is 0 Å². The molecule has 1 fully saturated rings. The second kappa shape index (κ2) is 6.00. The van der Waals surface area contributed by atoms with E-state index in [1.165, 1.54) is 0 Å². The summed E-state index contributed by atoms with van der Waals surface area (Å²) in [5, 5.41) is 9.99. The number of aryl methyl sites for hydroxylation is 1. The smallest absolute Gasteiger partial charge is 0.212 e. The molecule has 0 aliphatic carbocycles. The molecule has 0 saturated carbocycles. The number of hydrogen-bond donors (Lipinski definition) is 2. The summed E-state index contributed by atoms with van der Waals surface area (Å²) in [5.74, 6) is 0.0218. The van der Waals surface area contributed by atoms with Crippen LogP contribution in [0.15, 0.2) is 30.3 Å². The molecule has 19 heavy (non-hydrogen) atoms. The highest BCUT2D eigenvalue weighted by atomic mass is 32.2. The SMILES string of the molecule is O=S(=O)(CCc1ccccc1)NCC1(O)CCOC1. The Hall–Kier alpha value is -0.950. The van der Waals surface area contributed by atoms with E-state index >= 15 is 0 Å². The van der Waals surface area contributed by atoms with Crippen LogP contribution in [0.25, 0.3) is 0 Å². The topological polar surface area (TPSA) is 75.6 Å². The maximum absolute atomic E-state index is 11.8. The molecule has 1 aromatic carbocycles. The van der Waals surface area contributed by atoms with Gasteiger partial charge >= 0.3 is 0 Å². The fraction of sp³-hybridized carbons (Fsp3) is 0.538. The Labute approximate surface area is 113 Å². The molecule has 0 amide bonds. The van der Waals surface area contributed by atoms with E-state index in [1.807, 2.05) is 30.3 Å². The first-order valence-corrected chi connectivity index (χ1v) is 7.96. The van der Waals surface area contributed by atoms with Crippen LogP contribution in [0.1, 0.15) is 12.0 Å². The third-order valence-electron chi connectivity index (χ3n) is 3.21. The van der Waals surface area contributed by atoms with Gasteiger partial charge in [-0.05, 0) is 12.0 Å². The van der Waals surface area contributed by atoms with Crippen molar-refractivity contribution < 1.29 is 18.3 Å².